The number of benzene rings is 1. The summed E-state index contributed by atoms with van der Waals surface area (Å²) >= 11 is 0. The van der Waals surface area contributed by atoms with Gasteiger partial charge < -0.3 is 23.7 Å². The van der Waals surface area contributed by atoms with Gasteiger partial charge in [-0.2, -0.15) is 0 Å². The van der Waals surface area contributed by atoms with Crippen LogP contribution in [0.2, 0.25) is 0 Å². The van der Waals surface area contributed by atoms with Gasteiger partial charge in [0.05, 0.1) is 12.4 Å². The minimum Gasteiger partial charge on any atom is -0.463 e. The first-order valence-corrected chi connectivity index (χ1v) is 14.8. The zero-order valence-corrected chi connectivity index (χ0v) is 25.5. The van der Waals surface area contributed by atoms with Crippen molar-refractivity contribution in [3.63, 3.8) is 0 Å². The van der Waals surface area contributed by atoms with Gasteiger partial charge in [-0.3, -0.25) is 19.2 Å². The highest BCUT2D eigenvalue weighted by Crippen LogP contribution is 2.41. The number of hydrogen-bond donors (Lipinski definition) is 0. The van der Waals surface area contributed by atoms with Crippen molar-refractivity contribution in [2.75, 3.05) is 6.61 Å². The monoisotopic (exact) mass is 624 g/mol. The topological polar surface area (TPSA) is 176 Å². The van der Waals surface area contributed by atoms with E-state index in [2.05, 4.69) is 20.6 Å². The number of carbonyl (C=O) groups is 4. The van der Waals surface area contributed by atoms with Gasteiger partial charge in [-0.1, -0.05) is 60.0 Å². The average molecular weight is 625 g/mol. The first-order chi connectivity index (χ1) is 21.6. The van der Waals surface area contributed by atoms with Crippen molar-refractivity contribution in [3.8, 4) is 11.3 Å². The van der Waals surface area contributed by atoms with Crippen LogP contribution in [0.5, 0.6) is 0 Å². The van der Waals surface area contributed by atoms with Gasteiger partial charge >= 0.3 is 23.9 Å². The molecule has 5 rings (SSSR count). The molecular formula is C30H36N6O9. The molecule has 0 spiro atoms. The second-order valence-electron chi connectivity index (χ2n) is 11.2. The highest BCUT2D eigenvalue weighted by atomic mass is 16.7. The van der Waals surface area contributed by atoms with E-state index in [0.717, 1.165) is 37.7 Å². The molecule has 0 amide bonds. The summed E-state index contributed by atoms with van der Waals surface area (Å²) in [6.07, 6.45) is 1.70. The lowest BCUT2D eigenvalue weighted by Gasteiger charge is -2.44. The van der Waals surface area contributed by atoms with E-state index in [1.807, 2.05) is 41.2 Å². The summed E-state index contributed by atoms with van der Waals surface area (Å²) in [5.41, 5.74) is 1.55. The molecular weight excluding hydrogens is 588 g/mol. The lowest BCUT2D eigenvalue weighted by atomic mass is 9.79. The lowest BCUT2D eigenvalue weighted by Crippen LogP contribution is -2.60. The van der Waals surface area contributed by atoms with E-state index < -0.39 is 60.1 Å². The Bertz CT molecular complexity index is 1520. The maximum Gasteiger partial charge on any atom is 0.303 e. The molecule has 3 heterocycles. The quantitative estimate of drug-likeness (QED) is 0.251. The number of aromatic nitrogens is 6. The average Bonchev–Trinajstić information content (AvgIpc) is 3.70. The molecule has 15 heteroatoms. The summed E-state index contributed by atoms with van der Waals surface area (Å²) < 4.78 is 31.3. The van der Waals surface area contributed by atoms with Crippen molar-refractivity contribution in [2.45, 2.75) is 96.0 Å². The first kappa shape index (κ1) is 31.8. The molecule has 3 aromatic rings. The molecule has 5 atom stereocenters. The summed E-state index contributed by atoms with van der Waals surface area (Å²) in [7, 11) is 0. The van der Waals surface area contributed by atoms with Crippen molar-refractivity contribution >= 4 is 23.9 Å². The molecule has 5 unspecified atom stereocenters. The Morgan fingerprint density at radius 3 is 2.09 bits per heavy atom. The van der Waals surface area contributed by atoms with Crippen LogP contribution in [0.25, 0.3) is 11.3 Å². The Balaban J connectivity index is 1.55. The summed E-state index contributed by atoms with van der Waals surface area (Å²) in [6, 6.07) is 9.72. The molecule has 1 aromatic carbocycles. The van der Waals surface area contributed by atoms with Crippen molar-refractivity contribution in [2.24, 2.45) is 0 Å². The number of ether oxygens (including phenoxy) is 5. The molecule has 0 N–H and O–H groups in total. The second-order valence-corrected chi connectivity index (χ2v) is 11.2. The van der Waals surface area contributed by atoms with E-state index in [9.17, 15) is 19.2 Å². The van der Waals surface area contributed by atoms with Gasteiger partial charge in [-0.25, -0.2) is 9.36 Å². The highest BCUT2D eigenvalue weighted by Gasteiger charge is 2.53. The summed E-state index contributed by atoms with van der Waals surface area (Å²) in [4.78, 5) is 48.3. The molecule has 15 nitrogen and oxygen atoms in total. The molecule has 240 valence electrons. The zero-order valence-electron chi connectivity index (χ0n) is 25.5. The van der Waals surface area contributed by atoms with Gasteiger partial charge in [0.1, 0.15) is 29.6 Å². The molecule has 2 aliphatic rings. The number of esters is 4. The van der Waals surface area contributed by atoms with Crippen molar-refractivity contribution in [3.05, 3.63) is 48.4 Å². The van der Waals surface area contributed by atoms with Gasteiger partial charge in [-0.05, 0) is 12.8 Å². The number of nitrogens with zero attached hydrogens (tertiary/aromatic N) is 6. The molecule has 2 aromatic heterocycles. The third-order valence-corrected chi connectivity index (χ3v) is 7.90. The van der Waals surface area contributed by atoms with Crippen molar-refractivity contribution in [1.29, 1.82) is 0 Å². The van der Waals surface area contributed by atoms with Gasteiger partial charge in [0, 0.05) is 33.3 Å². The van der Waals surface area contributed by atoms with Crippen molar-refractivity contribution < 1.29 is 42.9 Å². The molecule has 1 aliphatic heterocycles. The Morgan fingerprint density at radius 2 is 1.44 bits per heavy atom. The van der Waals surface area contributed by atoms with E-state index in [1.165, 1.54) is 32.4 Å². The molecule has 0 bridgehead atoms. The minimum absolute atomic E-state index is 0.346. The maximum absolute atomic E-state index is 12.3. The Hall–Kier alpha value is -4.66. The van der Waals surface area contributed by atoms with E-state index in [-0.39, 0.29) is 6.61 Å². The first-order valence-electron chi connectivity index (χ1n) is 14.8. The van der Waals surface area contributed by atoms with E-state index in [4.69, 9.17) is 23.7 Å². The van der Waals surface area contributed by atoms with Crippen LogP contribution >= 0.6 is 0 Å². The van der Waals surface area contributed by atoms with Crippen LogP contribution in [-0.4, -0.2) is 84.9 Å². The fraction of sp³-hybridized carbons (Fsp3) is 0.533. The van der Waals surface area contributed by atoms with Crippen LogP contribution in [0.1, 0.15) is 71.7 Å². The number of hydrogen-bond acceptors (Lipinski definition) is 13. The zero-order chi connectivity index (χ0) is 32.1. The van der Waals surface area contributed by atoms with Gasteiger partial charge in [0.2, 0.25) is 0 Å². The predicted molar refractivity (Wildman–Crippen MR) is 153 cm³/mol. The van der Waals surface area contributed by atoms with Crippen LogP contribution in [0.4, 0.5) is 0 Å². The Kier molecular flexibility index (Phi) is 9.56. The van der Waals surface area contributed by atoms with Gasteiger partial charge in [0.25, 0.3) is 0 Å². The standard InChI is InChI=1S/C30H36N6O9/c1-18(37)41-17-24-26(42-19(2)38)27(43-20(3)39)28(44-21(4)40)29(45-24)35-16-25(32-33-35)30(13-9-6-10-14-30)36-15-23(31-34-36)22-11-7-5-8-12-22/h5,7-8,11-12,15-16,24,26-29H,6,9-10,13-14,17H2,1-4H3. The van der Waals surface area contributed by atoms with E-state index >= 15 is 0 Å². The number of rotatable bonds is 9. The summed E-state index contributed by atoms with van der Waals surface area (Å²) in [5.74, 6) is -2.74. The van der Waals surface area contributed by atoms with Crippen LogP contribution in [-0.2, 0) is 48.4 Å². The summed E-state index contributed by atoms with van der Waals surface area (Å²) in [5, 5.41) is 17.9. The maximum atomic E-state index is 12.3. The third-order valence-electron chi connectivity index (χ3n) is 7.90. The Morgan fingerprint density at radius 1 is 0.800 bits per heavy atom. The molecule has 1 saturated carbocycles. The minimum atomic E-state index is -1.32. The molecule has 0 radical (unpaired) electrons. The fourth-order valence-electron chi connectivity index (χ4n) is 5.99. The molecule has 2 fully saturated rings. The Labute approximate surface area is 259 Å². The van der Waals surface area contributed by atoms with E-state index in [0.29, 0.717) is 11.4 Å². The largest absolute Gasteiger partial charge is 0.463 e. The molecule has 1 aliphatic carbocycles. The normalized spacial score (nSPS) is 24.3. The third kappa shape index (κ3) is 7.03. The molecule has 45 heavy (non-hydrogen) atoms. The predicted octanol–water partition coefficient (Wildman–Crippen LogP) is 2.50. The lowest BCUT2D eigenvalue weighted by molar-refractivity contribution is -0.270. The highest BCUT2D eigenvalue weighted by molar-refractivity contribution is 5.68. The fourth-order valence-corrected chi connectivity index (χ4v) is 5.99. The smallest absolute Gasteiger partial charge is 0.303 e. The van der Waals surface area contributed by atoms with Crippen LogP contribution in [0.3, 0.4) is 0 Å². The van der Waals surface area contributed by atoms with Crippen LogP contribution < -0.4 is 0 Å². The second kappa shape index (κ2) is 13.5. The molecule has 1 saturated heterocycles. The number of carbonyl (C=O) groups excluding carboxylic acids is 4. The van der Waals surface area contributed by atoms with Gasteiger partial charge in [-0.15, -0.1) is 10.2 Å². The van der Waals surface area contributed by atoms with Gasteiger partial charge in [0.15, 0.2) is 24.5 Å². The van der Waals surface area contributed by atoms with Crippen LogP contribution in [0, 0.1) is 0 Å². The van der Waals surface area contributed by atoms with Crippen LogP contribution in [0.15, 0.2) is 42.7 Å². The summed E-state index contributed by atoms with van der Waals surface area (Å²) in [6.45, 7) is 4.39. The SMILES string of the molecule is CC(=O)OCC1OC(n2cc(C3(n4cc(-c5ccccc5)nn4)CCCCC3)nn2)C(OC(C)=O)C(OC(C)=O)C1OC(C)=O. The van der Waals surface area contributed by atoms with E-state index in [1.54, 1.807) is 6.20 Å². The van der Waals surface area contributed by atoms with Crippen molar-refractivity contribution in [1.82, 2.24) is 30.0 Å².